The second kappa shape index (κ2) is 8.71. The molecule has 1 saturated carbocycles. The second-order valence-electron chi connectivity index (χ2n) is 9.93. The minimum Gasteiger partial charge on any atom is -0.341 e. The Balaban J connectivity index is 1.27. The lowest BCUT2D eigenvalue weighted by molar-refractivity contribution is -0.133. The lowest BCUT2D eigenvalue weighted by Gasteiger charge is -2.32. The molecule has 5 heteroatoms. The van der Waals surface area contributed by atoms with Gasteiger partial charge in [0.05, 0.1) is 0 Å². The van der Waals surface area contributed by atoms with Crippen LogP contribution in [-0.4, -0.2) is 41.0 Å². The zero-order chi connectivity index (χ0) is 21.4. The van der Waals surface area contributed by atoms with E-state index in [1.54, 1.807) is 0 Å². The highest BCUT2D eigenvalue weighted by atomic mass is 16.2. The van der Waals surface area contributed by atoms with Crippen molar-refractivity contribution in [2.24, 2.45) is 11.8 Å². The van der Waals surface area contributed by atoms with E-state index in [4.69, 9.17) is 4.98 Å². The van der Waals surface area contributed by atoms with Crippen molar-refractivity contribution in [3.8, 4) is 0 Å². The van der Waals surface area contributed by atoms with E-state index in [1.807, 2.05) is 0 Å². The van der Waals surface area contributed by atoms with Gasteiger partial charge in [-0.1, -0.05) is 37.3 Å². The molecule has 2 aromatic rings. The van der Waals surface area contributed by atoms with E-state index in [2.05, 4.69) is 72.1 Å². The standard InChI is InChI=1S/C26H34N4O/c1-17-8-9-23-22(12-17)25(29-28-23)26(31)30-11-10-21(16-30)24-15-20(13-18(2)27-24)14-19-6-4-3-5-7-19/h3-7,13,15,17,21-23,25,28-29H,8-12,14,16H2,1-2H3. The number of aromatic nitrogens is 1. The second-order valence-corrected chi connectivity index (χ2v) is 9.93. The Morgan fingerprint density at radius 2 is 1.94 bits per heavy atom. The molecule has 5 unspecified atom stereocenters. The number of benzene rings is 1. The number of fused-ring (bicyclic) bond motifs is 1. The van der Waals surface area contributed by atoms with Gasteiger partial charge in [-0.25, -0.2) is 5.43 Å². The maximum atomic E-state index is 13.4. The van der Waals surface area contributed by atoms with Gasteiger partial charge in [0, 0.05) is 42.4 Å². The van der Waals surface area contributed by atoms with Crippen molar-refractivity contribution in [3.63, 3.8) is 0 Å². The Kier molecular flexibility index (Phi) is 5.81. The van der Waals surface area contributed by atoms with E-state index in [0.717, 1.165) is 43.7 Å². The van der Waals surface area contributed by atoms with Crippen LogP contribution in [0.25, 0.3) is 0 Å². The molecule has 5 nitrogen and oxygen atoms in total. The van der Waals surface area contributed by atoms with Gasteiger partial charge in [-0.3, -0.25) is 15.2 Å². The highest BCUT2D eigenvalue weighted by molar-refractivity contribution is 5.83. The Labute approximate surface area is 185 Å². The zero-order valence-electron chi connectivity index (χ0n) is 18.7. The molecule has 1 aromatic carbocycles. The van der Waals surface area contributed by atoms with Gasteiger partial charge >= 0.3 is 0 Å². The molecule has 2 saturated heterocycles. The van der Waals surface area contributed by atoms with Crippen LogP contribution in [0.15, 0.2) is 42.5 Å². The summed E-state index contributed by atoms with van der Waals surface area (Å²) >= 11 is 0. The third-order valence-corrected chi connectivity index (χ3v) is 7.48. The van der Waals surface area contributed by atoms with Gasteiger partial charge in [-0.2, -0.15) is 0 Å². The van der Waals surface area contributed by atoms with Crippen LogP contribution in [0.1, 0.15) is 61.0 Å². The number of rotatable bonds is 4. The number of pyridine rings is 1. The Hall–Kier alpha value is -2.24. The minimum atomic E-state index is -0.0781. The average Bonchev–Trinajstić information content (AvgIpc) is 3.41. The lowest BCUT2D eigenvalue weighted by atomic mass is 9.76. The largest absolute Gasteiger partial charge is 0.341 e. The molecule has 2 aliphatic heterocycles. The maximum Gasteiger partial charge on any atom is 0.241 e. The monoisotopic (exact) mass is 418 g/mol. The first-order chi connectivity index (χ1) is 15.1. The van der Waals surface area contributed by atoms with Gasteiger partial charge in [0.25, 0.3) is 0 Å². The SMILES string of the molecule is Cc1cc(Cc2ccccc2)cc(C2CCN(C(=O)C3NNC4CCC(C)CC43)C2)n1. The summed E-state index contributed by atoms with van der Waals surface area (Å²) < 4.78 is 0. The van der Waals surface area contributed by atoms with Gasteiger partial charge in [-0.15, -0.1) is 0 Å². The van der Waals surface area contributed by atoms with Crippen LogP contribution in [0.5, 0.6) is 0 Å². The number of hydrogen-bond acceptors (Lipinski definition) is 4. The number of hydrazine groups is 1. The zero-order valence-corrected chi connectivity index (χ0v) is 18.7. The molecule has 0 radical (unpaired) electrons. The van der Waals surface area contributed by atoms with Gasteiger partial charge < -0.3 is 4.90 Å². The summed E-state index contributed by atoms with van der Waals surface area (Å²) in [7, 11) is 0. The third-order valence-electron chi connectivity index (χ3n) is 7.48. The first kappa shape index (κ1) is 20.7. The van der Waals surface area contributed by atoms with Crippen LogP contribution < -0.4 is 10.9 Å². The fraction of sp³-hybridized carbons (Fsp3) is 0.538. The van der Waals surface area contributed by atoms with Crippen LogP contribution in [0.3, 0.4) is 0 Å². The Morgan fingerprint density at radius 3 is 2.77 bits per heavy atom. The van der Waals surface area contributed by atoms with E-state index in [9.17, 15) is 4.79 Å². The van der Waals surface area contributed by atoms with Gasteiger partial charge in [0.1, 0.15) is 6.04 Å². The lowest BCUT2D eigenvalue weighted by Crippen LogP contribution is -2.47. The van der Waals surface area contributed by atoms with E-state index in [0.29, 0.717) is 23.8 Å². The maximum absolute atomic E-state index is 13.4. The van der Waals surface area contributed by atoms with Crippen molar-refractivity contribution in [1.82, 2.24) is 20.7 Å². The van der Waals surface area contributed by atoms with Crippen LogP contribution in [-0.2, 0) is 11.2 Å². The molecule has 5 rings (SSSR count). The Bertz CT molecular complexity index is 930. The van der Waals surface area contributed by atoms with Crippen LogP contribution in [0, 0.1) is 18.8 Å². The third kappa shape index (κ3) is 4.39. The number of nitrogens with one attached hydrogen (secondary N) is 2. The molecule has 1 aliphatic carbocycles. The smallest absolute Gasteiger partial charge is 0.241 e. The predicted octanol–water partition coefficient (Wildman–Crippen LogP) is 3.58. The van der Waals surface area contributed by atoms with Gasteiger partial charge in [-0.05, 0) is 68.2 Å². The van der Waals surface area contributed by atoms with Crippen molar-refractivity contribution in [2.45, 2.75) is 64.0 Å². The summed E-state index contributed by atoms with van der Waals surface area (Å²) in [6.07, 6.45) is 5.49. The van der Waals surface area contributed by atoms with Crippen molar-refractivity contribution in [2.75, 3.05) is 13.1 Å². The summed E-state index contributed by atoms with van der Waals surface area (Å²) in [5, 5.41) is 0. The molecule has 164 valence electrons. The Morgan fingerprint density at radius 1 is 1.10 bits per heavy atom. The fourth-order valence-electron chi connectivity index (χ4n) is 5.83. The minimum absolute atomic E-state index is 0.0781. The van der Waals surface area contributed by atoms with Crippen LogP contribution in [0.4, 0.5) is 0 Å². The summed E-state index contributed by atoms with van der Waals surface area (Å²) in [5.41, 5.74) is 11.6. The van der Waals surface area contributed by atoms with Crippen molar-refractivity contribution < 1.29 is 4.79 Å². The molecule has 1 aromatic heterocycles. The summed E-state index contributed by atoms with van der Waals surface area (Å²) in [6.45, 7) is 6.01. The highest BCUT2D eigenvalue weighted by Crippen LogP contribution is 2.35. The van der Waals surface area contributed by atoms with Crippen molar-refractivity contribution in [1.29, 1.82) is 0 Å². The molecule has 3 fully saturated rings. The quantitative estimate of drug-likeness (QED) is 0.797. The first-order valence-electron chi connectivity index (χ1n) is 11.9. The molecule has 3 heterocycles. The van der Waals surface area contributed by atoms with Gasteiger partial charge in [0.2, 0.25) is 5.91 Å². The van der Waals surface area contributed by atoms with Crippen LogP contribution in [0.2, 0.25) is 0 Å². The number of nitrogens with zero attached hydrogens (tertiary/aromatic N) is 2. The molecule has 3 aliphatic rings. The summed E-state index contributed by atoms with van der Waals surface area (Å²) in [5.74, 6) is 1.73. The number of aryl methyl sites for hydroxylation is 1. The molecular weight excluding hydrogens is 384 g/mol. The van der Waals surface area contributed by atoms with Crippen LogP contribution >= 0.6 is 0 Å². The van der Waals surface area contributed by atoms with Crippen molar-refractivity contribution in [3.05, 3.63) is 65.0 Å². The normalized spacial score (nSPS) is 30.4. The molecular formula is C26H34N4O. The molecule has 1 amide bonds. The number of likely N-dealkylation sites (tertiary alicyclic amines) is 1. The van der Waals surface area contributed by atoms with E-state index >= 15 is 0 Å². The van der Waals surface area contributed by atoms with E-state index in [1.165, 1.54) is 24.0 Å². The van der Waals surface area contributed by atoms with Gasteiger partial charge in [0.15, 0.2) is 0 Å². The molecule has 2 N–H and O–H groups in total. The molecule has 5 atom stereocenters. The number of amides is 1. The van der Waals surface area contributed by atoms with Crippen molar-refractivity contribution >= 4 is 5.91 Å². The fourth-order valence-corrected chi connectivity index (χ4v) is 5.83. The molecule has 31 heavy (non-hydrogen) atoms. The predicted molar refractivity (Wildman–Crippen MR) is 123 cm³/mol. The number of hydrogen-bond donors (Lipinski definition) is 2. The van der Waals surface area contributed by atoms with E-state index < -0.39 is 0 Å². The summed E-state index contributed by atoms with van der Waals surface area (Å²) in [6, 6.07) is 15.4. The topological polar surface area (TPSA) is 57.3 Å². The molecule has 0 spiro atoms. The average molecular weight is 419 g/mol. The number of carbonyl (C=O) groups is 1. The highest BCUT2D eigenvalue weighted by Gasteiger charge is 2.45. The summed E-state index contributed by atoms with van der Waals surface area (Å²) in [4.78, 5) is 20.3. The number of carbonyl (C=O) groups excluding carboxylic acids is 1. The molecule has 0 bridgehead atoms. The van der Waals surface area contributed by atoms with E-state index in [-0.39, 0.29) is 11.9 Å². The first-order valence-corrected chi connectivity index (χ1v) is 11.9.